The summed E-state index contributed by atoms with van der Waals surface area (Å²) in [7, 11) is -4.54. The van der Waals surface area contributed by atoms with Crippen molar-refractivity contribution in [2.24, 2.45) is 0 Å². The zero-order chi connectivity index (χ0) is 21.0. The minimum absolute atomic E-state index is 0.127. The molecule has 0 saturated heterocycles. The first-order valence-corrected chi connectivity index (χ1v) is 10.6. The number of benzene rings is 3. The standard InChI is InChI=1S/C22H22O6S/c1-3-15(2)16-4-5-18-13-20(7-6-17(18)12-16)27-14-22(23)28-19-8-10-21(11-9-19)29(24,25)26/h4-13,15H,3,14H2,1-2H3,(H,24,25,26)/p-1. The average molecular weight is 413 g/mol. The number of rotatable bonds is 7. The molecule has 1 unspecified atom stereocenters. The summed E-state index contributed by atoms with van der Waals surface area (Å²) in [5, 5.41) is 2.11. The second-order valence-electron chi connectivity index (χ2n) is 6.77. The monoisotopic (exact) mass is 413 g/mol. The van der Waals surface area contributed by atoms with Crippen LogP contribution in [0.1, 0.15) is 31.7 Å². The van der Waals surface area contributed by atoms with Gasteiger partial charge in [0.1, 0.15) is 21.6 Å². The van der Waals surface area contributed by atoms with Gasteiger partial charge < -0.3 is 14.0 Å². The maximum absolute atomic E-state index is 12.0. The molecule has 0 saturated carbocycles. The van der Waals surface area contributed by atoms with E-state index >= 15 is 0 Å². The molecule has 0 aromatic heterocycles. The largest absolute Gasteiger partial charge is 0.744 e. The first-order valence-electron chi connectivity index (χ1n) is 9.19. The van der Waals surface area contributed by atoms with Gasteiger partial charge in [-0.2, -0.15) is 0 Å². The molecule has 0 bridgehead atoms. The lowest BCUT2D eigenvalue weighted by Gasteiger charge is -2.11. The van der Waals surface area contributed by atoms with Gasteiger partial charge in [-0.05, 0) is 65.1 Å². The number of hydrogen-bond acceptors (Lipinski definition) is 6. The van der Waals surface area contributed by atoms with Crippen LogP contribution < -0.4 is 9.47 Å². The molecule has 3 aromatic carbocycles. The Morgan fingerprint density at radius 2 is 1.59 bits per heavy atom. The van der Waals surface area contributed by atoms with Crippen molar-refractivity contribution < 1.29 is 27.2 Å². The van der Waals surface area contributed by atoms with Crippen LogP contribution in [0.25, 0.3) is 10.8 Å². The highest BCUT2D eigenvalue weighted by Gasteiger charge is 2.09. The van der Waals surface area contributed by atoms with Crippen molar-refractivity contribution in [2.75, 3.05) is 6.61 Å². The van der Waals surface area contributed by atoms with Crippen molar-refractivity contribution in [3.8, 4) is 11.5 Å². The van der Waals surface area contributed by atoms with Crippen LogP contribution in [-0.2, 0) is 14.9 Å². The van der Waals surface area contributed by atoms with Gasteiger partial charge >= 0.3 is 5.97 Å². The third-order valence-electron chi connectivity index (χ3n) is 4.72. The first kappa shape index (κ1) is 20.8. The van der Waals surface area contributed by atoms with Gasteiger partial charge in [-0.1, -0.05) is 38.1 Å². The quantitative estimate of drug-likeness (QED) is 0.327. The van der Waals surface area contributed by atoms with Crippen molar-refractivity contribution >= 4 is 26.9 Å². The number of fused-ring (bicyclic) bond motifs is 1. The molecule has 7 heteroatoms. The maximum atomic E-state index is 12.0. The molecule has 0 fully saturated rings. The summed E-state index contributed by atoms with van der Waals surface area (Å²) in [6, 6.07) is 16.6. The Kier molecular flexibility index (Phi) is 6.20. The molecule has 0 radical (unpaired) electrons. The summed E-state index contributed by atoms with van der Waals surface area (Å²) in [5.41, 5.74) is 1.29. The predicted octanol–water partition coefficient (Wildman–Crippen LogP) is 4.24. The molecule has 3 rings (SSSR count). The number of esters is 1. The lowest BCUT2D eigenvalue weighted by Crippen LogP contribution is -2.17. The van der Waals surface area contributed by atoms with Crippen LogP contribution >= 0.6 is 0 Å². The Morgan fingerprint density at radius 3 is 2.24 bits per heavy atom. The molecular formula is C22H21O6S-. The highest BCUT2D eigenvalue weighted by Crippen LogP contribution is 2.26. The minimum Gasteiger partial charge on any atom is -0.744 e. The average Bonchev–Trinajstić information content (AvgIpc) is 2.71. The van der Waals surface area contributed by atoms with Crippen molar-refractivity contribution in [1.29, 1.82) is 0 Å². The van der Waals surface area contributed by atoms with Gasteiger partial charge in [0.2, 0.25) is 0 Å². The molecule has 1 atom stereocenters. The van der Waals surface area contributed by atoms with E-state index in [1.165, 1.54) is 17.7 Å². The zero-order valence-electron chi connectivity index (χ0n) is 16.1. The van der Waals surface area contributed by atoms with Crippen LogP contribution in [0.4, 0.5) is 0 Å². The molecule has 152 valence electrons. The summed E-state index contributed by atoms with van der Waals surface area (Å²) in [6.45, 7) is 4.04. The summed E-state index contributed by atoms with van der Waals surface area (Å²) in [4.78, 5) is 11.6. The fourth-order valence-electron chi connectivity index (χ4n) is 2.85. The zero-order valence-corrected chi connectivity index (χ0v) is 16.9. The van der Waals surface area contributed by atoms with Gasteiger partial charge in [0, 0.05) is 0 Å². The van der Waals surface area contributed by atoms with E-state index < -0.39 is 16.1 Å². The fourth-order valence-corrected chi connectivity index (χ4v) is 3.32. The van der Waals surface area contributed by atoms with Crippen LogP contribution in [0.3, 0.4) is 0 Å². The second kappa shape index (κ2) is 8.63. The molecule has 6 nitrogen and oxygen atoms in total. The third kappa shape index (κ3) is 5.34. The number of carbonyl (C=O) groups excluding carboxylic acids is 1. The molecule has 0 aliphatic rings. The Labute approximate surface area is 169 Å². The van der Waals surface area contributed by atoms with E-state index in [0.29, 0.717) is 11.7 Å². The van der Waals surface area contributed by atoms with E-state index in [9.17, 15) is 17.8 Å². The molecule has 0 N–H and O–H groups in total. The van der Waals surface area contributed by atoms with Gasteiger partial charge in [0.05, 0.1) is 4.90 Å². The Bertz CT molecular complexity index is 1120. The normalized spacial score (nSPS) is 12.5. The van der Waals surface area contributed by atoms with E-state index in [2.05, 4.69) is 26.0 Å². The third-order valence-corrected chi connectivity index (χ3v) is 5.57. The Morgan fingerprint density at radius 1 is 0.966 bits per heavy atom. The van der Waals surface area contributed by atoms with E-state index in [1.54, 1.807) is 6.07 Å². The van der Waals surface area contributed by atoms with Crippen LogP contribution in [-0.4, -0.2) is 25.5 Å². The molecule has 3 aromatic rings. The van der Waals surface area contributed by atoms with Gasteiger partial charge in [0.25, 0.3) is 0 Å². The van der Waals surface area contributed by atoms with Crippen LogP contribution in [0.2, 0.25) is 0 Å². The van der Waals surface area contributed by atoms with Crippen molar-refractivity contribution in [1.82, 2.24) is 0 Å². The fraction of sp³-hybridized carbons (Fsp3) is 0.227. The molecule has 0 aliphatic carbocycles. The minimum atomic E-state index is -4.54. The lowest BCUT2D eigenvalue weighted by molar-refractivity contribution is -0.136. The smallest absolute Gasteiger partial charge is 0.349 e. The predicted molar refractivity (Wildman–Crippen MR) is 108 cm³/mol. The number of carbonyl (C=O) groups is 1. The molecule has 0 aliphatic heterocycles. The van der Waals surface area contributed by atoms with E-state index in [-0.39, 0.29) is 17.3 Å². The molecule has 0 amide bonds. The van der Waals surface area contributed by atoms with Gasteiger partial charge in [-0.3, -0.25) is 0 Å². The van der Waals surface area contributed by atoms with Gasteiger partial charge in [-0.25, -0.2) is 13.2 Å². The second-order valence-corrected chi connectivity index (χ2v) is 8.15. The molecule has 0 spiro atoms. The molecule has 29 heavy (non-hydrogen) atoms. The Hall–Kier alpha value is -2.90. The van der Waals surface area contributed by atoms with E-state index in [1.807, 2.05) is 18.2 Å². The summed E-state index contributed by atoms with van der Waals surface area (Å²) >= 11 is 0. The van der Waals surface area contributed by atoms with E-state index in [0.717, 1.165) is 29.3 Å². The van der Waals surface area contributed by atoms with Crippen LogP contribution in [0.5, 0.6) is 11.5 Å². The summed E-state index contributed by atoms with van der Waals surface area (Å²) in [6.07, 6.45) is 1.07. The van der Waals surface area contributed by atoms with Crippen molar-refractivity contribution in [3.63, 3.8) is 0 Å². The van der Waals surface area contributed by atoms with Crippen molar-refractivity contribution in [3.05, 3.63) is 66.2 Å². The molecule has 0 heterocycles. The first-order chi connectivity index (χ1) is 13.8. The number of ether oxygens (including phenoxy) is 2. The van der Waals surface area contributed by atoms with Crippen LogP contribution in [0, 0.1) is 0 Å². The maximum Gasteiger partial charge on any atom is 0.349 e. The highest BCUT2D eigenvalue weighted by atomic mass is 32.2. The van der Waals surface area contributed by atoms with Crippen molar-refractivity contribution in [2.45, 2.75) is 31.1 Å². The van der Waals surface area contributed by atoms with Gasteiger partial charge in [-0.15, -0.1) is 0 Å². The van der Waals surface area contributed by atoms with E-state index in [4.69, 9.17) is 9.47 Å². The Balaban J connectivity index is 1.61. The van der Waals surface area contributed by atoms with Crippen LogP contribution in [0.15, 0.2) is 65.6 Å². The highest BCUT2D eigenvalue weighted by molar-refractivity contribution is 7.85. The summed E-state index contributed by atoms with van der Waals surface area (Å²) in [5.74, 6) is 0.517. The topological polar surface area (TPSA) is 92.7 Å². The van der Waals surface area contributed by atoms with Gasteiger partial charge in [0.15, 0.2) is 6.61 Å². The number of hydrogen-bond donors (Lipinski definition) is 0. The SMILES string of the molecule is CCC(C)c1ccc2cc(OCC(=O)Oc3ccc(S(=O)(=O)[O-])cc3)ccc2c1. The molecular weight excluding hydrogens is 392 g/mol. The lowest BCUT2D eigenvalue weighted by atomic mass is 9.96. The summed E-state index contributed by atoms with van der Waals surface area (Å²) < 4.78 is 43.3.